The summed E-state index contributed by atoms with van der Waals surface area (Å²) >= 11 is 0. The van der Waals surface area contributed by atoms with Crippen molar-refractivity contribution in [2.75, 3.05) is 32.7 Å². The minimum Gasteiger partial charge on any atom is -0.340 e. The highest BCUT2D eigenvalue weighted by atomic mass is 16.2. The molecular formula is C15H29N3O. The predicted octanol–water partition coefficient (Wildman–Crippen LogP) is 1.46. The Labute approximate surface area is 117 Å². The number of carbonyl (C=O) groups excluding carboxylic acids is 1. The Hall–Kier alpha value is -0.610. The van der Waals surface area contributed by atoms with Gasteiger partial charge in [-0.3, -0.25) is 9.69 Å². The molecule has 1 saturated heterocycles. The molecule has 1 heterocycles. The number of likely N-dealkylation sites (N-methyl/N-ethyl adjacent to an activating group) is 1. The summed E-state index contributed by atoms with van der Waals surface area (Å²) in [4.78, 5) is 17.0. The van der Waals surface area contributed by atoms with Crippen LogP contribution >= 0.6 is 0 Å². The van der Waals surface area contributed by atoms with Gasteiger partial charge in [-0.25, -0.2) is 0 Å². The molecule has 0 bridgehead atoms. The number of amides is 1. The molecule has 4 nitrogen and oxygen atoms in total. The second-order valence-electron chi connectivity index (χ2n) is 5.83. The molecule has 1 aliphatic carbocycles. The standard InChI is InChI=1S/C15H29N3O/c1-3-9-16-14-6-5-10-18(15(14)19)12-11-17(4-2)13-7-8-13/h13-14,16H,3-12H2,1-2H3. The quantitative estimate of drug-likeness (QED) is 0.723. The van der Waals surface area contributed by atoms with Gasteiger partial charge in [-0.05, 0) is 45.2 Å². The lowest BCUT2D eigenvalue weighted by atomic mass is 10.0. The number of nitrogens with one attached hydrogen (secondary N) is 1. The summed E-state index contributed by atoms with van der Waals surface area (Å²) in [5.41, 5.74) is 0. The topological polar surface area (TPSA) is 35.6 Å². The van der Waals surface area contributed by atoms with E-state index in [1.165, 1.54) is 12.8 Å². The van der Waals surface area contributed by atoms with Crippen LogP contribution in [0.4, 0.5) is 0 Å². The lowest BCUT2D eigenvalue weighted by molar-refractivity contribution is -0.136. The van der Waals surface area contributed by atoms with E-state index in [4.69, 9.17) is 0 Å². The zero-order chi connectivity index (χ0) is 13.7. The van der Waals surface area contributed by atoms with Crippen LogP contribution in [0.3, 0.4) is 0 Å². The van der Waals surface area contributed by atoms with E-state index in [-0.39, 0.29) is 6.04 Å². The van der Waals surface area contributed by atoms with Crippen LogP contribution in [0, 0.1) is 0 Å². The maximum atomic E-state index is 12.4. The van der Waals surface area contributed by atoms with Crippen LogP contribution in [0.1, 0.15) is 46.0 Å². The Bertz CT molecular complexity index is 291. The largest absolute Gasteiger partial charge is 0.340 e. The van der Waals surface area contributed by atoms with Crippen LogP contribution in [0.2, 0.25) is 0 Å². The average molecular weight is 267 g/mol. The van der Waals surface area contributed by atoms with Crippen LogP contribution in [-0.2, 0) is 4.79 Å². The predicted molar refractivity (Wildman–Crippen MR) is 78.2 cm³/mol. The van der Waals surface area contributed by atoms with Crippen molar-refractivity contribution in [1.82, 2.24) is 15.1 Å². The lowest BCUT2D eigenvalue weighted by Gasteiger charge is -2.34. The van der Waals surface area contributed by atoms with Crippen molar-refractivity contribution in [3.63, 3.8) is 0 Å². The fourth-order valence-corrected chi connectivity index (χ4v) is 2.96. The van der Waals surface area contributed by atoms with Crippen molar-refractivity contribution in [3.05, 3.63) is 0 Å². The number of likely N-dealkylation sites (tertiary alicyclic amines) is 1. The monoisotopic (exact) mass is 267 g/mol. The van der Waals surface area contributed by atoms with Gasteiger partial charge in [0.15, 0.2) is 0 Å². The van der Waals surface area contributed by atoms with E-state index in [1.807, 2.05) is 0 Å². The first-order valence-corrected chi connectivity index (χ1v) is 8.02. The van der Waals surface area contributed by atoms with E-state index < -0.39 is 0 Å². The summed E-state index contributed by atoms with van der Waals surface area (Å²) in [6.45, 7) is 9.35. The second kappa shape index (κ2) is 7.25. The highest BCUT2D eigenvalue weighted by molar-refractivity contribution is 5.82. The van der Waals surface area contributed by atoms with E-state index in [9.17, 15) is 4.79 Å². The van der Waals surface area contributed by atoms with Gasteiger partial charge in [-0.15, -0.1) is 0 Å². The first kappa shape index (κ1) is 14.8. The zero-order valence-electron chi connectivity index (χ0n) is 12.5. The van der Waals surface area contributed by atoms with Crippen LogP contribution in [0.25, 0.3) is 0 Å². The maximum absolute atomic E-state index is 12.4. The van der Waals surface area contributed by atoms with Gasteiger partial charge in [0, 0.05) is 25.7 Å². The Morgan fingerprint density at radius 1 is 1.32 bits per heavy atom. The molecule has 2 aliphatic rings. The fourth-order valence-electron chi connectivity index (χ4n) is 2.96. The van der Waals surface area contributed by atoms with Crippen molar-refractivity contribution in [1.29, 1.82) is 0 Å². The summed E-state index contributed by atoms with van der Waals surface area (Å²) in [5.74, 6) is 0.326. The van der Waals surface area contributed by atoms with E-state index in [0.717, 1.165) is 58.0 Å². The molecule has 110 valence electrons. The third-order valence-corrected chi connectivity index (χ3v) is 4.30. The molecule has 1 N–H and O–H groups in total. The summed E-state index contributed by atoms with van der Waals surface area (Å²) < 4.78 is 0. The highest BCUT2D eigenvalue weighted by Gasteiger charge is 2.31. The van der Waals surface area contributed by atoms with E-state index in [0.29, 0.717) is 5.91 Å². The number of rotatable bonds is 8. The highest BCUT2D eigenvalue weighted by Crippen LogP contribution is 2.26. The van der Waals surface area contributed by atoms with Crippen molar-refractivity contribution >= 4 is 5.91 Å². The maximum Gasteiger partial charge on any atom is 0.239 e. The molecule has 0 radical (unpaired) electrons. The van der Waals surface area contributed by atoms with Crippen LogP contribution < -0.4 is 5.32 Å². The van der Waals surface area contributed by atoms with E-state index in [1.54, 1.807) is 0 Å². The van der Waals surface area contributed by atoms with Crippen molar-refractivity contribution in [3.8, 4) is 0 Å². The number of piperidine rings is 1. The molecule has 0 aromatic heterocycles. The van der Waals surface area contributed by atoms with Crippen LogP contribution in [-0.4, -0.2) is 60.5 Å². The number of nitrogens with zero attached hydrogens (tertiary/aromatic N) is 2. The minimum absolute atomic E-state index is 0.0738. The number of hydrogen-bond donors (Lipinski definition) is 1. The third-order valence-electron chi connectivity index (χ3n) is 4.30. The molecule has 1 unspecified atom stereocenters. The summed E-state index contributed by atoms with van der Waals surface area (Å²) in [6, 6.07) is 0.878. The summed E-state index contributed by atoms with van der Waals surface area (Å²) in [7, 11) is 0. The summed E-state index contributed by atoms with van der Waals surface area (Å²) in [6.07, 6.45) is 5.94. The first-order valence-electron chi connectivity index (χ1n) is 8.02. The molecule has 0 spiro atoms. The molecule has 1 saturated carbocycles. The number of carbonyl (C=O) groups is 1. The van der Waals surface area contributed by atoms with Crippen LogP contribution in [0.15, 0.2) is 0 Å². The summed E-state index contributed by atoms with van der Waals surface area (Å²) in [5, 5.41) is 3.38. The Morgan fingerprint density at radius 3 is 2.74 bits per heavy atom. The molecule has 4 heteroatoms. The Balaban J connectivity index is 1.76. The van der Waals surface area contributed by atoms with Gasteiger partial charge in [0.25, 0.3) is 0 Å². The van der Waals surface area contributed by atoms with Gasteiger partial charge in [0.2, 0.25) is 5.91 Å². The van der Waals surface area contributed by atoms with Gasteiger partial charge in [-0.2, -0.15) is 0 Å². The van der Waals surface area contributed by atoms with Crippen molar-refractivity contribution in [2.24, 2.45) is 0 Å². The molecular weight excluding hydrogens is 238 g/mol. The first-order chi connectivity index (χ1) is 9.26. The van der Waals surface area contributed by atoms with E-state index >= 15 is 0 Å². The molecule has 0 aromatic carbocycles. The fraction of sp³-hybridized carbons (Fsp3) is 0.933. The normalized spacial score (nSPS) is 24.3. The molecule has 1 atom stereocenters. The zero-order valence-corrected chi connectivity index (χ0v) is 12.5. The third kappa shape index (κ3) is 4.18. The van der Waals surface area contributed by atoms with Crippen LogP contribution in [0.5, 0.6) is 0 Å². The van der Waals surface area contributed by atoms with E-state index in [2.05, 4.69) is 29.0 Å². The van der Waals surface area contributed by atoms with Gasteiger partial charge in [0.1, 0.15) is 0 Å². The van der Waals surface area contributed by atoms with Crippen molar-refractivity contribution < 1.29 is 4.79 Å². The molecule has 2 rings (SSSR count). The van der Waals surface area contributed by atoms with Gasteiger partial charge in [0.05, 0.1) is 6.04 Å². The SMILES string of the molecule is CCCNC1CCCN(CCN(CC)C2CC2)C1=O. The minimum atomic E-state index is 0.0738. The molecule has 0 aromatic rings. The average Bonchev–Trinajstić information content (AvgIpc) is 3.24. The molecule has 1 aliphatic heterocycles. The molecule has 1 amide bonds. The molecule has 2 fully saturated rings. The lowest BCUT2D eigenvalue weighted by Crippen LogP contribution is -2.52. The second-order valence-corrected chi connectivity index (χ2v) is 5.83. The van der Waals surface area contributed by atoms with Gasteiger partial charge in [-0.1, -0.05) is 13.8 Å². The van der Waals surface area contributed by atoms with Gasteiger partial charge < -0.3 is 10.2 Å². The van der Waals surface area contributed by atoms with Gasteiger partial charge >= 0.3 is 0 Å². The number of hydrogen-bond acceptors (Lipinski definition) is 3. The Morgan fingerprint density at radius 2 is 2.11 bits per heavy atom. The van der Waals surface area contributed by atoms with Crippen molar-refractivity contribution in [2.45, 2.75) is 58.0 Å². The molecule has 19 heavy (non-hydrogen) atoms. The smallest absolute Gasteiger partial charge is 0.239 e. The Kier molecular flexibility index (Phi) is 5.64.